The van der Waals surface area contributed by atoms with Crippen molar-refractivity contribution < 1.29 is 19.0 Å². The molecule has 0 aliphatic rings. The Bertz CT molecular complexity index is 251. The molecular formula is C15H28O4. The molecule has 0 radical (unpaired) electrons. The summed E-state index contributed by atoms with van der Waals surface area (Å²) in [6.07, 6.45) is 4.03. The summed E-state index contributed by atoms with van der Waals surface area (Å²) < 4.78 is 16.3. The minimum Gasteiger partial charge on any atom is -0.459 e. The van der Waals surface area contributed by atoms with Crippen LogP contribution in [0.4, 0.5) is 0 Å². The van der Waals surface area contributed by atoms with E-state index in [1.54, 1.807) is 6.92 Å². The predicted molar refractivity (Wildman–Crippen MR) is 76.1 cm³/mol. The Balaban J connectivity index is 3.94. The van der Waals surface area contributed by atoms with Gasteiger partial charge >= 0.3 is 5.97 Å². The van der Waals surface area contributed by atoms with E-state index in [1.165, 1.54) is 0 Å². The summed E-state index contributed by atoms with van der Waals surface area (Å²) in [5.74, 6) is -0.377. The van der Waals surface area contributed by atoms with Crippen LogP contribution in [-0.4, -0.2) is 38.5 Å². The summed E-state index contributed by atoms with van der Waals surface area (Å²) in [5, 5.41) is 0. The first-order valence-electron chi connectivity index (χ1n) is 7.13. The molecule has 0 fully saturated rings. The van der Waals surface area contributed by atoms with Crippen LogP contribution in [-0.2, 0) is 19.0 Å². The van der Waals surface area contributed by atoms with E-state index in [-0.39, 0.29) is 18.7 Å². The highest BCUT2D eigenvalue weighted by atomic mass is 16.6. The van der Waals surface area contributed by atoms with Gasteiger partial charge in [0.25, 0.3) is 0 Å². The lowest BCUT2D eigenvalue weighted by molar-refractivity contribution is -0.145. The SMILES string of the molecule is C=C(C)C(=O)OCC(COCCCC)OCCCC. The van der Waals surface area contributed by atoms with Crippen molar-refractivity contribution in [3.63, 3.8) is 0 Å². The molecule has 0 bridgehead atoms. The Morgan fingerprint density at radius 1 is 1.11 bits per heavy atom. The van der Waals surface area contributed by atoms with Gasteiger partial charge in [0.15, 0.2) is 0 Å². The molecular weight excluding hydrogens is 244 g/mol. The van der Waals surface area contributed by atoms with Crippen LogP contribution in [0.3, 0.4) is 0 Å². The van der Waals surface area contributed by atoms with Crippen molar-refractivity contribution in [3.8, 4) is 0 Å². The second-order valence-corrected chi connectivity index (χ2v) is 4.65. The second-order valence-electron chi connectivity index (χ2n) is 4.65. The van der Waals surface area contributed by atoms with Crippen molar-refractivity contribution in [1.29, 1.82) is 0 Å². The number of rotatable bonds is 12. The maximum Gasteiger partial charge on any atom is 0.333 e. The van der Waals surface area contributed by atoms with E-state index in [0.717, 1.165) is 32.3 Å². The first-order valence-corrected chi connectivity index (χ1v) is 7.13. The minimum absolute atomic E-state index is 0.188. The number of esters is 1. The molecule has 0 heterocycles. The number of carbonyl (C=O) groups is 1. The molecule has 0 aromatic carbocycles. The van der Waals surface area contributed by atoms with Gasteiger partial charge in [0.05, 0.1) is 6.61 Å². The monoisotopic (exact) mass is 272 g/mol. The van der Waals surface area contributed by atoms with Crippen LogP contribution in [0.25, 0.3) is 0 Å². The summed E-state index contributed by atoms with van der Waals surface area (Å²) >= 11 is 0. The highest BCUT2D eigenvalue weighted by Crippen LogP contribution is 2.02. The van der Waals surface area contributed by atoms with Crippen LogP contribution >= 0.6 is 0 Å². The van der Waals surface area contributed by atoms with Crippen LogP contribution in [0.2, 0.25) is 0 Å². The number of ether oxygens (including phenoxy) is 3. The predicted octanol–water partition coefficient (Wildman–Crippen LogP) is 3.11. The van der Waals surface area contributed by atoms with Crippen LogP contribution in [0.1, 0.15) is 46.5 Å². The van der Waals surface area contributed by atoms with Crippen molar-refractivity contribution in [3.05, 3.63) is 12.2 Å². The number of unbranched alkanes of at least 4 members (excludes halogenated alkanes) is 2. The normalized spacial score (nSPS) is 12.2. The Morgan fingerprint density at radius 3 is 2.32 bits per heavy atom. The summed E-state index contributed by atoms with van der Waals surface area (Å²) in [5.41, 5.74) is 0.402. The van der Waals surface area contributed by atoms with Crippen LogP contribution in [0.5, 0.6) is 0 Å². The standard InChI is InChI=1S/C15H28O4/c1-5-7-9-17-11-14(18-10-8-6-2)12-19-15(16)13(3)4/h14H,3,5-12H2,1-2,4H3. The summed E-state index contributed by atoms with van der Waals surface area (Å²) in [7, 11) is 0. The largest absolute Gasteiger partial charge is 0.459 e. The third-order valence-electron chi connectivity index (χ3n) is 2.55. The quantitative estimate of drug-likeness (QED) is 0.311. The molecule has 0 rings (SSSR count). The molecule has 0 N–H and O–H groups in total. The third-order valence-corrected chi connectivity index (χ3v) is 2.55. The van der Waals surface area contributed by atoms with Gasteiger partial charge in [0, 0.05) is 18.8 Å². The number of carbonyl (C=O) groups excluding carboxylic acids is 1. The zero-order valence-electron chi connectivity index (χ0n) is 12.6. The van der Waals surface area contributed by atoms with E-state index in [9.17, 15) is 4.79 Å². The molecule has 0 aromatic rings. The molecule has 0 aliphatic carbocycles. The minimum atomic E-state index is -0.377. The number of hydrogen-bond donors (Lipinski definition) is 0. The summed E-state index contributed by atoms with van der Waals surface area (Å²) in [6.45, 7) is 11.5. The molecule has 4 heteroatoms. The van der Waals surface area contributed by atoms with Crippen molar-refractivity contribution in [2.24, 2.45) is 0 Å². The molecule has 1 atom stereocenters. The van der Waals surface area contributed by atoms with Gasteiger partial charge in [-0.1, -0.05) is 33.3 Å². The van der Waals surface area contributed by atoms with E-state index >= 15 is 0 Å². The average molecular weight is 272 g/mol. The molecule has 0 aliphatic heterocycles. The lowest BCUT2D eigenvalue weighted by atomic mass is 10.3. The zero-order valence-corrected chi connectivity index (χ0v) is 12.6. The van der Waals surface area contributed by atoms with Gasteiger partial charge in [-0.05, 0) is 19.8 Å². The van der Waals surface area contributed by atoms with Gasteiger partial charge in [-0.25, -0.2) is 4.79 Å². The smallest absolute Gasteiger partial charge is 0.333 e. The Labute approximate surface area is 117 Å². The zero-order chi connectivity index (χ0) is 14.5. The fourth-order valence-electron chi connectivity index (χ4n) is 1.29. The van der Waals surface area contributed by atoms with Gasteiger partial charge in [-0.15, -0.1) is 0 Å². The van der Waals surface area contributed by atoms with E-state index < -0.39 is 0 Å². The molecule has 0 amide bonds. The highest BCUT2D eigenvalue weighted by molar-refractivity contribution is 5.86. The number of hydrogen-bond acceptors (Lipinski definition) is 4. The summed E-state index contributed by atoms with van der Waals surface area (Å²) in [4.78, 5) is 11.3. The maximum absolute atomic E-state index is 11.3. The van der Waals surface area contributed by atoms with Gasteiger partial charge in [-0.3, -0.25) is 0 Å². The van der Waals surface area contributed by atoms with E-state index in [4.69, 9.17) is 14.2 Å². The first-order chi connectivity index (χ1) is 9.11. The van der Waals surface area contributed by atoms with Crippen molar-refractivity contribution in [2.45, 2.75) is 52.6 Å². The van der Waals surface area contributed by atoms with Crippen molar-refractivity contribution >= 4 is 5.97 Å². The Morgan fingerprint density at radius 2 is 1.74 bits per heavy atom. The molecule has 0 saturated carbocycles. The molecule has 112 valence electrons. The van der Waals surface area contributed by atoms with Crippen molar-refractivity contribution in [1.82, 2.24) is 0 Å². The molecule has 0 aromatic heterocycles. The topological polar surface area (TPSA) is 44.8 Å². The lowest BCUT2D eigenvalue weighted by Crippen LogP contribution is -2.28. The molecule has 0 saturated heterocycles. The fraction of sp³-hybridized carbons (Fsp3) is 0.800. The van der Waals surface area contributed by atoms with Crippen LogP contribution < -0.4 is 0 Å². The second kappa shape index (κ2) is 12.2. The van der Waals surface area contributed by atoms with Gasteiger partial charge in [-0.2, -0.15) is 0 Å². The maximum atomic E-state index is 11.3. The van der Waals surface area contributed by atoms with E-state index in [2.05, 4.69) is 20.4 Å². The van der Waals surface area contributed by atoms with Gasteiger partial charge in [0.2, 0.25) is 0 Å². The van der Waals surface area contributed by atoms with Crippen LogP contribution in [0, 0.1) is 0 Å². The van der Waals surface area contributed by atoms with Crippen LogP contribution in [0.15, 0.2) is 12.2 Å². The third kappa shape index (κ3) is 10.7. The lowest BCUT2D eigenvalue weighted by Gasteiger charge is -2.18. The molecule has 0 spiro atoms. The molecule has 19 heavy (non-hydrogen) atoms. The van der Waals surface area contributed by atoms with Crippen molar-refractivity contribution in [2.75, 3.05) is 26.4 Å². The van der Waals surface area contributed by atoms with Gasteiger partial charge in [0.1, 0.15) is 12.7 Å². The first kappa shape index (κ1) is 18.1. The fourth-order valence-corrected chi connectivity index (χ4v) is 1.29. The molecule has 1 unspecified atom stereocenters. The van der Waals surface area contributed by atoms with Gasteiger partial charge < -0.3 is 14.2 Å². The molecule has 4 nitrogen and oxygen atoms in total. The Hall–Kier alpha value is -0.870. The Kier molecular flexibility index (Phi) is 11.6. The highest BCUT2D eigenvalue weighted by Gasteiger charge is 2.13. The average Bonchev–Trinajstić information content (AvgIpc) is 2.39. The van der Waals surface area contributed by atoms with E-state index in [1.807, 2.05) is 0 Å². The van der Waals surface area contributed by atoms with E-state index in [0.29, 0.717) is 18.8 Å². The summed E-state index contributed by atoms with van der Waals surface area (Å²) in [6, 6.07) is 0.